The van der Waals surface area contributed by atoms with Crippen LogP contribution in [0.2, 0.25) is 0 Å². The summed E-state index contributed by atoms with van der Waals surface area (Å²) in [5.74, 6) is 2.24. The van der Waals surface area contributed by atoms with Gasteiger partial charge in [0.25, 0.3) is 0 Å². The second-order valence-corrected chi connectivity index (χ2v) is 36.6. The summed E-state index contributed by atoms with van der Waals surface area (Å²) >= 11 is 0. The molecule has 9 heterocycles. The third-order valence-electron chi connectivity index (χ3n) is 28.7. The number of pyridine rings is 3. The fraction of sp³-hybridized carbons (Fsp3) is 0. The fourth-order valence-corrected chi connectivity index (χ4v) is 22.2. The summed E-state index contributed by atoms with van der Waals surface area (Å²) in [5, 5.41) is 47.4. The van der Waals surface area contributed by atoms with Crippen LogP contribution in [0.1, 0.15) is 16.7 Å². The van der Waals surface area contributed by atoms with Crippen LogP contribution in [-0.4, -0.2) is 42.4 Å². The molecule has 0 saturated heterocycles. The van der Waals surface area contributed by atoms with Crippen molar-refractivity contribution in [3.8, 4) is 108 Å². The van der Waals surface area contributed by atoms with E-state index in [-0.39, 0.29) is 0 Å². The Morgan fingerprint density at radius 2 is 0.396 bits per heavy atom. The van der Waals surface area contributed by atoms with Crippen LogP contribution in [0, 0.1) is 34.0 Å². The van der Waals surface area contributed by atoms with Crippen LogP contribution in [0.3, 0.4) is 0 Å². The van der Waals surface area contributed by atoms with E-state index in [0.29, 0.717) is 16.7 Å². The molecule has 0 amide bonds. The molecule has 0 atom stereocenters. The Bertz CT molecular complexity index is 10500. The van der Waals surface area contributed by atoms with E-state index in [1.807, 2.05) is 103 Å². The SMILES string of the molecule is N#Cc1c(-c2ccccc2)c(-n2c3ccccc3c3cc(-c4ccc5c(c4)c4ccccc4n5-c4ccccc4)ccc32)nc2ccccc12.N#Cc1cc(-n2c3ccccc3c3cc(-c4ccc5c(c4)c4ccccc4n5-c4ccc(-c5ccccc5)cc4)ccc32)nc2ccccc12.N#Cc1cc(-n2c3ccccc3c3cc(-c4ccc5c(c4)c4ccccc4n5-c4ccccc4)ccc32)nc2ccccc12. The third kappa shape index (κ3) is 13.7. The first-order valence-corrected chi connectivity index (χ1v) is 48.3. The van der Waals surface area contributed by atoms with Gasteiger partial charge < -0.3 is 13.7 Å². The summed E-state index contributed by atoms with van der Waals surface area (Å²) in [5.41, 5.74) is 32.3. The van der Waals surface area contributed by atoms with Gasteiger partial charge in [0.2, 0.25) is 0 Å². The van der Waals surface area contributed by atoms with Crippen molar-refractivity contribution < 1.29 is 0 Å². The zero-order valence-electron chi connectivity index (χ0n) is 77.6. The minimum Gasteiger partial charge on any atom is -0.309 e. The molecule has 29 rings (SSSR count). The van der Waals surface area contributed by atoms with E-state index in [4.69, 9.17) is 15.0 Å². The van der Waals surface area contributed by atoms with Crippen LogP contribution in [0.4, 0.5) is 0 Å². The lowest BCUT2D eigenvalue weighted by molar-refractivity contribution is 1.10. The number of hydrogen-bond acceptors (Lipinski definition) is 6. The number of fused-ring (bicyclic) bond motifs is 21. The number of para-hydroxylation sites is 11. The molecular formula is C132H80N12. The van der Waals surface area contributed by atoms with Crippen LogP contribution in [0.15, 0.2) is 485 Å². The third-order valence-corrected chi connectivity index (χ3v) is 28.7. The van der Waals surface area contributed by atoms with Gasteiger partial charge >= 0.3 is 0 Å². The molecule has 0 unspecified atom stereocenters. The van der Waals surface area contributed by atoms with E-state index >= 15 is 0 Å². The Hall–Kier alpha value is -20.1. The number of hydrogen-bond donors (Lipinski definition) is 0. The summed E-state index contributed by atoms with van der Waals surface area (Å²) in [6, 6.07) is 177. The summed E-state index contributed by atoms with van der Waals surface area (Å²) in [7, 11) is 0. The number of aromatic nitrogens is 9. The molecule has 12 nitrogen and oxygen atoms in total. The van der Waals surface area contributed by atoms with Crippen molar-refractivity contribution in [3.05, 3.63) is 502 Å². The zero-order valence-corrected chi connectivity index (χ0v) is 77.6. The van der Waals surface area contributed by atoms with Gasteiger partial charge in [-0.15, -0.1) is 0 Å². The van der Waals surface area contributed by atoms with E-state index < -0.39 is 0 Å². The minimum atomic E-state index is 0.618. The van der Waals surface area contributed by atoms with E-state index in [0.717, 1.165) is 172 Å². The Labute approximate surface area is 826 Å². The predicted molar refractivity (Wildman–Crippen MR) is 593 cm³/mol. The average molecular weight is 1830 g/mol. The number of nitriles is 3. The summed E-state index contributed by atoms with van der Waals surface area (Å²) in [6.07, 6.45) is 0. The highest BCUT2D eigenvalue weighted by Crippen LogP contribution is 2.47. The first kappa shape index (κ1) is 83.3. The molecule has 0 fully saturated rings. The number of nitrogens with zero attached hydrogens (tertiary/aromatic N) is 12. The van der Waals surface area contributed by atoms with Crippen LogP contribution in [0.5, 0.6) is 0 Å². The zero-order chi connectivity index (χ0) is 95.6. The number of rotatable bonds is 11. The summed E-state index contributed by atoms with van der Waals surface area (Å²) < 4.78 is 13.7. The van der Waals surface area contributed by atoms with Gasteiger partial charge in [-0.2, -0.15) is 15.8 Å². The molecule has 0 radical (unpaired) electrons. The topological polar surface area (TPSA) is 140 Å². The van der Waals surface area contributed by atoms with Crippen LogP contribution >= 0.6 is 0 Å². The van der Waals surface area contributed by atoms with Crippen molar-refractivity contribution in [1.82, 2.24) is 42.4 Å². The van der Waals surface area contributed by atoms with Gasteiger partial charge in [-0.25, -0.2) is 15.0 Å². The maximum Gasteiger partial charge on any atom is 0.147 e. The molecule has 0 aliphatic rings. The molecule has 20 aromatic carbocycles. The standard InChI is InChI=1S/2C46H28N4.C40H24N4/c47-29-39-34-17-7-10-20-40(34)48-46(45(39)30-13-3-1-4-14-30)50-42-22-12-9-19-36(42)38-28-32(24-26-44(38)50)31-23-25-43-37(27-31)35-18-8-11-21-41(35)49(43)33-15-5-2-6-16-33;47-29-34-28-46(48-41-15-7-4-12-36(34)41)50-43-17-9-6-14-38(43)40-27-33(21-25-45(40)50)32-20-24-44-39(26-32)37-13-5-8-16-42(37)49(44)35-22-18-31(19-23-35)30-10-2-1-3-11-30;41-25-28-24-40(42-35-15-7-4-12-30(28)35)44-37-17-9-6-14-32(37)34-23-27(19-21-39(34)44)26-18-20-38-33(22-26)31-13-5-8-16-36(31)43(38)29-10-2-1-3-11-29/h2*1-28H;1-24H. The highest BCUT2D eigenvalue weighted by atomic mass is 15.1. The fourth-order valence-electron chi connectivity index (χ4n) is 22.2. The van der Waals surface area contributed by atoms with Gasteiger partial charge in [0.05, 0.1) is 112 Å². The van der Waals surface area contributed by atoms with Crippen molar-refractivity contribution in [2.75, 3.05) is 0 Å². The summed E-state index contributed by atoms with van der Waals surface area (Å²) in [6.45, 7) is 0. The molecule has 0 bridgehead atoms. The molecule has 668 valence electrons. The minimum absolute atomic E-state index is 0.618. The van der Waals surface area contributed by atoms with E-state index in [9.17, 15) is 15.8 Å². The van der Waals surface area contributed by atoms with Crippen LogP contribution in [-0.2, 0) is 0 Å². The molecule has 0 N–H and O–H groups in total. The predicted octanol–water partition coefficient (Wildman–Crippen LogP) is 33.2. The molecule has 0 aliphatic heterocycles. The largest absolute Gasteiger partial charge is 0.309 e. The Balaban J connectivity index is 0.000000108. The lowest BCUT2D eigenvalue weighted by Gasteiger charge is -2.16. The van der Waals surface area contributed by atoms with Crippen LogP contribution in [0.25, 0.3) is 254 Å². The van der Waals surface area contributed by atoms with E-state index in [1.165, 1.54) is 82.1 Å². The monoisotopic (exact) mass is 1830 g/mol. The lowest BCUT2D eigenvalue weighted by atomic mass is 9.97. The van der Waals surface area contributed by atoms with E-state index in [2.05, 4.69) is 428 Å². The Morgan fingerprint density at radius 1 is 0.160 bits per heavy atom. The molecular weight excluding hydrogens is 1750 g/mol. The van der Waals surface area contributed by atoms with Crippen molar-refractivity contribution >= 4 is 164 Å². The van der Waals surface area contributed by atoms with Gasteiger partial charge in [0.15, 0.2) is 0 Å². The molecule has 9 aromatic heterocycles. The molecule has 144 heavy (non-hydrogen) atoms. The maximum atomic E-state index is 10.6. The Morgan fingerprint density at radius 3 is 0.729 bits per heavy atom. The van der Waals surface area contributed by atoms with Crippen molar-refractivity contribution in [3.63, 3.8) is 0 Å². The van der Waals surface area contributed by atoms with Crippen molar-refractivity contribution in [2.24, 2.45) is 0 Å². The van der Waals surface area contributed by atoms with Gasteiger partial charge in [-0.1, -0.05) is 309 Å². The summed E-state index contributed by atoms with van der Waals surface area (Å²) in [4.78, 5) is 15.3. The van der Waals surface area contributed by atoms with Crippen molar-refractivity contribution in [1.29, 1.82) is 15.8 Å². The van der Waals surface area contributed by atoms with Gasteiger partial charge in [-0.05, 0) is 226 Å². The van der Waals surface area contributed by atoms with Gasteiger partial charge in [0, 0.05) is 103 Å². The number of benzene rings is 20. The second-order valence-electron chi connectivity index (χ2n) is 36.6. The molecule has 12 heteroatoms. The molecule has 0 spiro atoms. The molecule has 29 aromatic rings. The first-order valence-electron chi connectivity index (χ1n) is 48.3. The maximum absolute atomic E-state index is 10.6. The Kier molecular flexibility index (Phi) is 19.8. The van der Waals surface area contributed by atoms with Crippen molar-refractivity contribution in [2.45, 2.75) is 0 Å². The molecule has 0 saturated carbocycles. The second kappa shape index (κ2) is 34.3. The quantitative estimate of drug-likeness (QED) is 0.126. The highest BCUT2D eigenvalue weighted by molar-refractivity contribution is 6.18. The normalized spacial score (nSPS) is 11.6. The highest BCUT2D eigenvalue weighted by Gasteiger charge is 2.27. The van der Waals surface area contributed by atoms with Crippen LogP contribution < -0.4 is 0 Å². The van der Waals surface area contributed by atoms with E-state index in [1.54, 1.807) is 0 Å². The van der Waals surface area contributed by atoms with Gasteiger partial charge in [0.1, 0.15) is 23.5 Å². The average Bonchev–Trinajstić information content (AvgIpc) is 1.55. The first-order chi connectivity index (χ1) is 71.3. The molecule has 0 aliphatic carbocycles. The van der Waals surface area contributed by atoms with Gasteiger partial charge in [-0.3, -0.25) is 13.7 Å². The smallest absolute Gasteiger partial charge is 0.147 e. The lowest BCUT2D eigenvalue weighted by Crippen LogP contribution is -2.04.